The van der Waals surface area contributed by atoms with Crippen molar-refractivity contribution in [2.24, 2.45) is 0 Å². The van der Waals surface area contributed by atoms with Gasteiger partial charge in [-0.1, -0.05) is 12.1 Å². The molecular weight excluding hydrogens is 232 g/mol. The average Bonchev–Trinajstić information content (AvgIpc) is 2.91. The molecule has 2 heterocycles. The van der Waals surface area contributed by atoms with Crippen molar-refractivity contribution in [3.8, 4) is 16.2 Å². The van der Waals surface area contributed by atoms with Crippen LogP contribution in [-0.2, 0) is 0 Å². The topological polar surface area (TPSA) is 35.0 Å². The first-order chi connectivity index (χ1) is 8.38. The average molecular weight is 242 g/mol. The van der Waals surface area contributed by atoms with E-state index in [4.69, 9.17) is 4.74 Å². The van der Waals surface area contributed by atoms with E-state index in [0.717, 1.165) is 27.0 Å². The number of rotatable bonds is 2. The zero-order valence-electron chi connectivity index (χ0n) is 9.25. The zero-order chi connectivity index (χ0) is 11.7. The van der Waals surface area contributed by atoms with Crippen molar-refractivity contribution in [3.05, 3.63) is 42.3 Å². The van der Waals surface area contributed by atoms with Gasteiger partial charge in [0.2, 0.25) is 0 Å². The van der Waals surface area contributed by atoms with Gasteiger partial charge in [0.25, 0.3) is 0 Å². The summed E-state index contributed by atoms with van der Waals surface area (Å²) < 4.78 is 5.33. The Balaban J connectivity index is 2.24. The van der Waals surface area contributed by atoms with Gasteiger partial charge in [-0.25, -0.2) is 0 Å². The monoisotopic (exact) mass is 242 g/mol. The van der Waals surface area contributed by atoms with Crippen molar-refractivity contribution in [2.75, 3.05) is 7.11 Å². The Morgan fingerprint density at radius 3 is 2.82 bits per heavy atom. The molecule has 0 saturated heterocycles. The predicted octanol–water partition coefficient (Wildman–Crippen LogP) is 3.37. The van der Waals surface area contributed by atoms with Gasteiger partial charge >= 0.3 is 0 Å². The summed E-state index contributed by atoms with van der Waals surface area (Å²) >= 11 is 1.63. The first-order valence-corrected chi connectivity index (χ1v) is 6.07. The molecule has 0 aliphatic heterocycles. The first-order valence-electron chi connectivity index (χ1n) is 5.19. The lowest BCUT2D eigenvalue weighted by Crippen LogP contribution is -1.86. The minimum absolute atomic E-state index is 0.800. The Morgan fingerprint density at radius 1 is 1.12 bits per heavy atom. The molecule has 3 rings (SSSR count). The summed E-state index contributed by atoms with van der Waals surface area (Å²) in [5, 5.41) is 2.16. The highest BCUT2D eigenvalue weighted by Gasteiger charge is 2.05. The van der Waals surface area contributed by atoms with Crippen LogP contribution in [0.3, 0.4) is 0 Å². The number of hydrogen-bond donors (Lipinski definition) is 0. The number of methoxy groups -OCH3 is 1. The van der Waals surface area contributed by atoms with E-state index < -0.39 is 0 Å². The summed E-state index contributed by atoms with van der Waals surface area (Å²) in [6.45, 7) is 0. The van der Waals surface area contributed by atoms with Crippen LogP contribution in [-0.4, -0.2) is 17.1 Å². The van der Waals surface area contributed by atoms with Crippen LogP contribution in [0, 0.1) is 0 Å². The third-order valence-electron chi connectivity index (χ3n) is 2.66. The Kier molecular flexibility index (Phi) is 2.49. The van der Waals surface area contributed by atoms with E-state index in [2.05, 4.69) is 28.2 Å². The van der Waals surface area contributed by atoms with Crippen LogP contribution >= 0.6 is 11.3 Å². The number of hydrogen-bond acceptors (Lipinski definition) is 4. The second kappa shape index (κ2) is 4.14. The third kappa shape index (κ3) is 1.76. The number of aromatic nitrogens is 2. The first kappa shape index (κ1) is 10.2. The lowest BCUT2D eigenvalue weighted by molar-refractivity contribution is 0.418. The zero-order valence-corrected chi connectivity index (χ0v) is 10.1. The molecule has 17 heavy (non-hydrogen) atoms. The van der Waals surface area contributed by atoms with Gasteiger partial charge in [0, 0.05) is 23.2 Å². The van der Waals surface area contributed by atoms with Crippen molar-refractivity contribution < 1.29 is 4.74 Å². The van der Waals surface area contributed by atoms with E-state index in [-0.39, 0.29) is 0 Å². The maximum Gasteiger partial charge on any atom is 0.144 e. The van der Waals surface area contributed by atoms with Crippen LogP contribution in [0.25, 0.3) is 21.2 Å². The van der Waals surface area contributed by atoms with Crippen molar-refractivity contribution in [1.82, 2.24) is 9.97 Å². The molecule has 0 N–H and O–H groups in total. The van der Waals surface area contributed by atoms with Gasteiger partial charge in [-0.2, -0.15) is 0 Å². The van der Waals surface area contributed by atoms with Gasteiger partial charge in [0.15, 0.2) is 0 Å². The van der Waals surface area contributed by atoms with Gasteiger partial charge in [-0.3, -0.25) is 9.97 Å². The molecule has 2 aromatic heterocycles. The highest BCUT2D eigenvalue weighted by Crippen LogP contribution is 2.30. The molecule has 0 aliphatic carbocycles. The maximum absolute atomic E-state index is 5.33. The number of fused-ring (bicyclic) bond motifs is 1. The SMILES string of the molecule is COc1cncc2ccc(-c3cncs3)cc12. The Bertz CT molecular complexity index is 650. The van der Waals surface area contributed by atoms with E-state index in [1.165, 1.54) is 0 Å². The minimum atomic E-state index is 0.800. The fourth-order valence-corrected chi connectivity index (χ4v) is 2.43. The smallest absolute Gasteiger partial charge is 0.144 e. The molecule has 0 fully saturated rings. The van der Waals surface area contributed by atoms with Crippen molar-refractivity contribution in [2.45, 2.75) is 0 Å². The number of benzene rings is 1. The Hall–Kier alpha value is -1.94. The molecule has 0 bridgehead atoms. The van der Waals surface area contributed by atoms with Gasteiger partial charge in [0.1, 0.15) is 5.75 Å². The Morgan fingerprint density at radius 2 is 2.06 bits per heavy atom. The second-order valence-electron chi connectivity index (χ2n) is 3.64. The molecule has 0 radical (unpaired) electrons. The summed E-state index contributed by atoms with van der Waals surface area (Å²) in [6.07, 6.45) is 5.45. The van der Waals surface area contributed by atoms with Crippen LogP contribution < -0.4 is 4.74 Å². The van der Waals surface area contributed by atoms with Gasteiger partial charge in [-0.15, -0.1) is 11.3 Å². The van der Waals surface area contributed by atoms with Crippen LogP contribution in [0.1, 0.15) is 0 Å². The fourth-order valence-electron chi connectivity index (χ4n) is 1.81. The molecule has 0 aliphatic rings. The number of ether oxygens (including phenoxy) is 1. The van der Waals surface area contributed by atoms with Crippen LogP contribution in [0.5, 0.6) is 5.75 Å². The summed E-state index contributed by atoms with van der Waals surface area (Å²) in [7, 11) is 1.66. The molecule has 0 amide bonds. The van der Waals surface area contributed by atoms with E-state index in [9.17, 15) is 0 Å². The van der Waals surface area contributed by atoms with Gasteiger partial charge in [-0.05, 0) is 11.6 Å². The normalized spacial score (nSPS) is 10.6. The molecule has 3 nitrogen and oxygen atoms in total. The van der Waals surface area contributed by atoms with Crippen molar-refractivity contribution >= 4 is 22.1 Å². The third-order valence-corrected chi connectivity index (χ3v) is 3.48. The highest BCUT2D eigenvalue weighted by molar-refractivity contribution is 7.13. The van der Waals surface area contributed by atoms with E-state index in [1.54, 1.807) is 24.6 Å². The second-order valence-corrected chi connectivity index (χ2v) is 4.53. The summed E-state index contributed by atoms with van der Waals surface area (Å²) in [5.41, 5.74) is 2.99. The summed E-state index contributed by atoms with van der Waals surface area (Å²) in [5.74, 6) is 0.800. The maximum atomic E-state index is 5.33. The summed E-state index contributed by atoms with van der Waals surface area (Å²) in [4.78, 5) is 9.40. The van der Waals surface area contributed by atoms with Crippen LogP contribution in [0.15, 0.2) is 42.3 Å². The van der Waals surface area contributed by atoms with Crippen molar-refractivity contribution in [3.63, 3.8) is 0 Å². The lowest BCUT2D eigenvalue weighted by Gasteiger charge is -2.05. The van der Waals surface area contributed by atoms with E-state index in [0.29, 0.717) is 0 Å². The molecule has 1 aromatic carbocycles. The predicted molar refractivity (Wildman–Crippen MR) is 69.4 cm³/mol. The largest absolute Gasteiger partial charge is 0.494 e. The molecular formula is C13H10N2OS. The minimum Gasteiger partial charge on any atom is -0.494 e. The van der Waals surface area contributed by atoms with Gasteiger partial charge in [0.05, 0.1) is 23.7 Å². The molecule has 84 valence electrons. The fraction of sp³-hybridized carbons (Fsp3) is 0.0769. The number of nitrogens with zero attached hydrogens (tertiary/aromatic N) is 2. The molecule has 0 saturated carbocycles. The number of thiazole rings is 1. The quantitative estimate of drug-likeness (QED) is 0.691. The number of pyridine rings is 1. The van der Waals surface area contributed by atoms with Gasteiger partial charge < -0.3 is 4.74 Å². The highest BCUT2D eigenvalue weighted by atomic mass is 32.1. The molecule has 0 spiro atoms. The van der Waals surface area contributed by atoms with E-state index in [1.807, 2.05) is 17.9 Å². The van der Waals surface area contributed by atoms with Crippen molar-refractivity contribution in [1.29, 1.82) is 0 Å². The standard InChI is InChI=1S/C13H10N2OS/c1-16-12-6-14-5-10-3-2-9(4-11(10)12)13-7-15-8-17-13/h2-8H,1H3. The molecule has 3 aromatic rings. The molecule has 0 unspecified atom stereocenters. The van der Waals surface area contributed by atoms with Crippen LogP contribution in [0.4, 0.5) is 0 Å². The van der Waals surface area contributed by atoms with Crippen LogP contribution in [0.2, 0.25) is 0 Å². The van der Waals surface area contributed by atoms with E-state index >= 15 is 0 Å². The molecule has 4 heteroatoms. The lowest BCUT2D eigenvalue weighted by atomic mass is 10.1. The summed E-state index contributed by atoms with van der Waals surface area (Å²) in [6, 6.07) is 6.25. The molecule has 0 atom stereocenters. The Labute approximate surface area is 103 Å².